The first-order valence-electron chi connectivity index (χ1n) is 4.64. The lowest BCUT2D eigenvalue weighted by Gasteiger charge is -2.20. The van der Waals surface area contributed by atoms with E-state index in [-0.39, 0.29) is 11.3 Å². The Balaban J connectivity index is 3.10. The second-order valence-corrected chi connectivity index (χ2v) is 4.33. The molecule has 1 rings (SSSR count). The van der Waals surface area contributed by atoms with E-state index in [0.29, 0.717) is 0 Å². The van der Waals surface area contributed by atoms with Gasteiger partial charge in [0.05, 0.1) is 11.4 Å². The minimum atomic E-state index is -0.0662. The van der Waals surface area contributed by atoms with Crippen LogP contribution in [0.25, 0.3) is 0 Å². The molecule has 0 aromatic carbocycles. The number of hydrogen-bond acceptors (Lipinski definition) is 2. The molecule has 3 heteroatoms. The maximum absolute atomic E-state index is 11.0. The normalized spacial score (nSPS) is 11.1. The Bertz CT molecular complexity index is 339. The predicted octanol–water partition coefficient (Wildman–Crippen LogP) is 2.34. The van der Waals surface area contributed by atoms with Crippen LogP contribution in [0, 0.1) is 0 Å². The van der Waals surface area contributed by atoms with E-state index in [1.807, 2.05) is 12.1 Å². The maximum Gasteiger partial charge on any atom is 0.221 e. The number of anilines is 1. The van der Waals surface area contributed by atoms with Crippen molar-refractivity contribution in [3.05, 3.63) is 24.0 Å². The third-order valence-corrected chi connectivity index (χ3v) is 1.83. The van der Waals surface area contributed by atoms with Gasteiger partial charge in [0.25, 0.3) is 0 Å². The van der Waals surface area contributed by atoms with Crippen LogP contribution < -0.4 is 5.32 Å². The number of carbonyl (C=O) groups excluding carboxylic acids is 1. The summed E-state index contributed by atoms with van der Waals surface area (Å²) in [5, 5.41) is 2.78. The van der Waals surface area contributed by atoms with E-state index < -0.39 is 0 Å². The fraction of sp³-hybridized carbons (Fsp3) is 0.455. The Hall–Kier alpha value is -1.38. The summed E-state index contributed by atoms with van der Waals surface area (Å²) in [5.74, 6) is -0.0662. The molecule has 0 aliphatic carbocycles. The van der Waals surface area contributed by atoms with E-state index in [1.54, 1.807) is 6.20 Å². The Kier molecular flexibility index (Phi) is 2.89. The van der Waals surface area contributed by atoms with Gasteiger partial charge in [-0.1, -0.05) is 20.8 Å². The van der Waals surface area contributed by atoms with Crippen LogP contribution in [-0.2, 0) is 10.2 Å². The zero-order valence-electron chi connectivity index (χ0n) is 9.09. The van der Waals surface area contributed by atoms with Crippen molar-refractivity contribution in [3.63, 3.8) is 0 Å². The molecule has 0 fully saturated rings. The van der Waals surface area contributed by atoms with Crippen LogP contribution in [-0.4, -0.2) is 10.9 Å². The van der Waals surface area contributed by atoms with Gasteiger partial charge in [0.1, 0.15) is 0 Å². The Morgan fingerprint density at radius 1 is 1.43 bits per heavy atom. The van der Waals surface area contributed by atoms with Crippen molar-refractivity contribution in [2.75, 3.05) is 5.32 Å². The summed E-state index contributed by atoms with van der Waals surface area (Å²) in [6.07, 6.45) is 1.74. The van der Waals surface area contributed by atoms with Gasteiger partial charge < -0.3 is 5.32 Å². The highest BCUT2D eigenvalue weighted by atomic mass is 16.1. The number of aromatic nitrogens is 1. The first-order chi connectivity index (χ1) is 6.41. The lowest BCUT2D eigenvalue weighted by atomic mass is 9.90. The second kappa shape index (κ2) is 3.78. The average Bonchev–Trinajstić information content (AvgIpc) is 2.01. The highest BCUT2D eigenvalue weighted by Crippen LogP contribution is 2.26. The van der Waals surface area contributed by atoms with Gasteiger partial charge in [0, 0.05) is 18.5 Å². The van der Waals surface area contributed by atoms with Crippen molar-refractivity contribution in [1.82, 2.24) is 4.98 Å². The maximum atomic E-state index is 11.0. The molecular weight excluding hydrogens is 176 g/mol. The van der Waals surface area contributed by atoms with Crippen molar-refractivity contribution in [2.24, 2.45) is 0 Å². The van der Waals surface area contributed by atoms with Gasteiger partial charge in [-0.15, -0.1) is 0 Å². The molecule has 1 N–H and O–H groups in total. The van der Waals surface area contributed by atoms with Crippen LogP contribution in [0.4, 0.5) is 5.69 Å². The summed E-state index contributed by atoms with van der Waals surface area (Å²) in [7, 11) is 0. The summed E-state index contributed by atoms with van der Waals surface area (Å²) < 4.78 is 0. The Morgan fingerprint density at radius 2 is 2.07 bits per heavy atom. The quantitative estimate of drug-likeness (QED) is 0.742. The van der Waals surface area contributed by atoms with Crippen LogP contribution >= 0.6 is 0 Å². The van der Waals surface area contributed by atoms with Gasteiger partial charge in [0.2, 0.25) is 5.91 Å². The largest absolute Gasteiger partial charge is 0.325 e. The van der Waals surface area contributed by atoms with Crippen molar-refractivity contribution < 1.29 is 4.79 Å². The standard InChI is InChI=1S/C11H16N2O/c1-8(14)13-9-6-5-7-12-10(9)11(2,3)4/h5-7H,1-4H3,(H,13,14). The molecule has 0 spiro atoms. The molecule has 0 aliphatic heterocycles. The number of nitrogens with zero attached hydrogens (tertiary/aromatic N) is 1. The third-order valence-electron chi connectivity index (χ3n) is 1.83. The molecule has 0 saturated heterocycles. The molecule has 0 unspecified atom stereocenters. The molecule has 0 saturated carbocycles. The molecular formula is C11H16N2O. The van der Waals surface area contributed by atoms with E-state index in [4.69, 9.17) is 0 Å². The van der Waals surface area contributed by atoms with Crippen molar-refractivity contribution in [1.29, 1.82) is 0 Å². The van der Waals surface area contributed by atoms with Crippen LogP contribution in [0.2, 0.25) is 0 Å². The number of hydrogen-bond donors (Lipinski definition) is 1. The van der Waals surface area contributed by atoms with Crippen LogP contribution in [0.1, 0.15) is 33.4 Å². The molecule has 0 aliphatic rings. The van der Waals surface area contributed by atoms with Gasteiger partial charge in [-0.3, -0.25) is 9.78 Å². The number of nitrogens with one attached hydrogen (secondary N) is 1. The van der Waals surface area contributed by atoms with Gasteiger partial charge in [0.15, 0.2) is 0 Å². The molecule has 76 valence electrons. The molecule has 3 nitrogen and oxygen atoms in total. The molecule has 1 heterocycles. The predicted molar refractivity (Wildman–Crippen MR) is 57.2 cm³/mol. The first kappa shape index (κ1) is 10.7. The zero-order valence-corrected chi connectivity index (χ0v) is 9.09. The van der Waals surface area contributed by atoms with Gasteiger partial charge in [-0.25, -0.2) is 0 Å². The molecule has 14 heavy (non-hydrogen) atoms. The first-order valence-corrected chi connectivity index (χ1v) is 4.64. The Morgan fingerprint density at radius 3 is 2.57 bits per heavy atom. The van der Waals surface area contributed by atoms with Crippen molar-refractivity contribution in [2.45, 2.75) is 33.1 Å². The van der Waals surface area contributed by atoms with E-state index in [9.17, 15) is 4.79 Å². The third kappa shape index (κ3) is 2.55. The highest BCUT2D eigenvalue weighted by Gasteiger charge is 2.19. The molecule has 1 aromatic heterocycles. The second-order valence-electron chi connectivity index (χ2n) is 4.33. The lowest BCUT2D eigenvalue weighted by Crippen LogP contribution is -2.18. The Labute approximate surface area is 84.6 Å². The van der Waals surface area contributed by atoms with Crippen LogP contribution in [0.15, 0.2) is 18.3 Å². The van der Waals surface area contributed by atoms with Gasteiger partial charge in [-0.05, 0) is 12.1 Å². The summed E-state index contributed by atoms with van der Waals surface area (Å²) in [6.45, 7) is 7.71. The number of amides is 1. The van der Waals surface area contributed by atoms with E-state index >= 15 is 0 Å². The van der Waals surface area contributed by atoms with Crippen LogP contribution in [0.5, 0.6) is 0 Å². The summed E-state index contributed by atoms with van der Waals surface area (Å²) >= 11 is 0. The molecule has 0 bridgehead atoms. The van der Waals surface area contributed by atoms with Gasteiger partial charge in [-0.2, -0.15) is 0 Å². The molecule has 1 aromatic rings. The van der Waals surface area contributed by atoms with Crippen LogP contribution in [0.3, 0.4) is 0 Å². The number of rotatable bonds is 1. The fourth-order valence-electron chi connectivity index (χ4n) is 1.29. The minimum absolute atomic E-state index is 0.0565. The smallest absolute Gasteiger partial charge is 0.221 e. The highest BCUT2D eigenvalue weighted by molar-refractivity contribution is 5.89. The average molecular weight is 192 g/mol. The van der Waals surface area contributed by atoms with E-state index in [0.717, 1.165) is 11.4 Å². The SMILES string of the molecule is CC(=O)Nc1cccnc1C(C)(C)C. The number of carbonyl (C=O) groups is 1. The lowest BCUT2D eigenvalue weighted by molar-refractivity contribution is -0.114. The minimum Gasteiger partial charge on any atom is -0.325 e. The summed E-state index contributed by atoms with van der Waals surface area (Å²) in [6, 6.07) is 3.69. The van der Waals surface area contributed by atoms with E-state index in [2.05, 4.69) is 31.1 Å². The van der Waals surface area contributed by atoms with Crippen molar-refractivity contribution in [3.8, 4) is 0 Å². The fourth-order valence-corrected chi connectivity index (χ4v) is 1.29. The molecule has 0 radical (unpaired) electrons. The molecule has 0 atom stereocenters. The number of pyridine rings is 1. The van der Waals surface area contributed by atoms with Gasteiger partial charge >= 0.3 is 0 Å². The summed E-state index contributed by atoms with van der Waals surface area (Å²) in [5.41, 5.74) is 1.65. The van der Waals surface area contributed by atoms with Crippen molar-refractivity contribution >= 4 is 11.6 Å². The zero-order chi connectivity index (χ0) is 10.8. The summed E-state index contributed by atoms with van der Waals surface area (Å²) in [4.78, 5) is 15.2. The van der Waals surface area contributed by atoms with E-state index in [1.165, 1.54) is 6.92 Å². The monoisotopic (exact) mass is 192 g/mol. The molecule has 1 amide bonds. The topological polar surface area (TPSA) is 42.0 Å².